The number of amides is 2. The fourth-order valence-electron chi connectivity index (χ4n) is 3.76. The normalized spacial score (nSPS) is 24.7. The van der Waals surface area contributed by atoms with Gasteiger partial charge in [-0.15, -0.1) is 38.1 Å². The number of carbonyl (C=O) groups excluding carboxylic acids is 3. The number of tetrazole rings is 1. The maximum Gasteiger partial charge on any atom is 0.313 e. The lowest BCUT2D eigenvalue weighted by atomic mass is 9.95. The Bertz CT molecular complexity index is 1060. The number of hydrogen-bond donors (Lipinski definition) is 2. The predicted octanol–water partition coefficient (Wildman–Crippen LogP) is 1.20. The summed E-state index contributed by atoms with van der Waals surface area (Å²) >= 11 is 2.96. The highest BCUT2D eigenvalue weighted by molar-refractivity contribution is 8.01. The summed E-state index contributed by atoms with van der Waals surface area (Å²) in [4.78, 5) is 41.2. The molecule has 0 saturated carbocycles. The van der Waals surface area contributed by atoms with Gasteiger partial charge in [-0.2, -0.15) is 0 Å². The summed E-state index contributed by atoms with van der Waals surface area (Å²) in [5, 5.41) is 16.8. The lowest BCUT2D eigenvalue weighted by molar-refractivity contribution is -0.158. The van der Waals surface area contributed by atoms with Crippen LogP contribution in [0, 0.1) is 5.41 Å². The number of thioether (sulfide) groups is 1. The Morgan fingerprint density at radius 3 is 2.73 bits per heavy atom. The van der Waals surface area contributed by atoms with Crippen molar-refractivity contribution in [3.05, 3.63) is 28.2 Å². The molecule has 2 amide bonds. The Kier molecular flexibility index (Phi) is 5.99. The molecule has 3 unspecified atom stereocenters. The van der Waals surface area contributed by atoms with Gasteiger partial charge in [0, 0.05) is 9.62 Å². The fraction of sp³-hybridized carbons (Fsp3) is 0.600. The number of esters is 1. The van der Waals surface area contributed by atoms with E-state index in [4.69, 9.17) is 10.5 Å². The third kappa shape index (κ3) is 4.36. The maximum absolute atomic E-state index is 13.0. The lowest BCUT2D eigenvalue weighted by Gasteiger charge is -2.44. The van der Waals surface area contributed by atoms with E-state index < -0.39 is 28.3 Å². The van der Waals surface area contributed by atoms with Crippen LogP contribution in [0.3, 0.4) is 0 Å². The summed E-state index contributed by atoms with van der Waals surface area (Å²) in [6, 6.07) is 1.69. The van der Waals surface area contributed by atoms with Crippen LogP contribution in [0.25, 0.3) is 0 Å². The Balaban J connectivity index is 1.44. The smallest absolute Gasteiger partial charge is 0.313 e. The van der Waals surface area contributed by atoms with Gasteiger partial charge >= 0.3 is 5.97 Å². The Morgan fingerprint density at radius 2 is 2.09 bits per heavy atom. The first kappa shape index (κ1) is 23.6. The number of aromatic nitrogens is 4. The molecular formula is C20H27N7O4S2. The van der Waals surface area contributed by atoms with Crippen molar-refractivity contribution in [3.63, 3.8) is 0 Å². The van der Waals surface area contributed by atoms with Crippen molar-refractivity contribution in [1.82, 2.24) is 30.4 Å². The van der Waals surface area contributed by atoms with Crippen LogP contribution in [0.4, 0.5) is 0 Å². The molecule has 11 nitrogen and oxygen atoms in total. The van der Waals surface area contributed by atoms with Gasteiger partial charge < -0.3 is 20.7 Å². The molecule has 178 valence electrons. The first-order valence-electron chi connectivity index (χ1n) is 10.4. The van der Waals surface area contributed by atoms with Gasteiger partial charge in [0.25, 0.3) is 0 Å². The monoisotopic (exact) mass is 493 g/mol. The number of nitrogens with one attached hydrogen (secondary N) is 1. The molecule has 0 aromatic carbocycles. The number of rotatable bonds is 6. The van der Waals surface area contributed by atoms with Crippen LogP contribution < -0.4 is 11.1 Å². The quantitative estimate of drug-likeness (QED) is 0.448. The number of hydrogen-bond acceptors (Lipinski definition) is 10. The van der Waals surface area contributed by atoms with Crippen LogP contribution in [-0.2, 0) is 25.9 Å². The molecule has 4 heterocycles. The zero-order chi connectivity index (χ0) is 24.1. The number of carbonyl (C=O) groups is 3. The molecule has 2 aliphatic rings. The first-order valence-corrected chi connectivity index (χ1v) is 12.2. The van der Waals surface area contributed by atoms with E-state index in [9.17, 15) is 14.4 Å². The Morgan fingerprint density at radius 1 is 1.36 bits per heavy atom. The van der Waals surface area contributed by atoms with Crippen molar-refractivity contribution in [2.24, 2.45) is 11.1 Å². The van der Waals surface area contributed by atoms with E-state index in [-0.39, 0.29) is 29.9 Å². The van der Waals surface area contributed by atoms with Gasteiger partial charge in [0.15, 0.2) is 5.82 Å². The molecule has 3 N–H and O–H groups in total. The second-order valence-corrected chi connectivity index (χ2v) is 12.3. The first-order chi connectivity index (χ1) is 15.4. The average Bonchev–Trinajstić information content (AvgIpc) is 3.47. The van der Waals surface area contributed by atoms with Crippen molar-refractivity contribution in [1.29, 1.82) is 0 Å². The van der Waals surface area contributed by atoms with Gasteiger partial charge in [-0.1, -0.05) is 6.07 Å². The summed E-state index contributed by atoms with van der Waals surface area (Å²) in [7, 11) is 0. The molecule has 4 rings (SSSR count). The van der Waals surface area contributed by atoms with Crippen LogP contribution in [0.5, 0.6) is 0 Å². The fourth-order valence-corrected chi connectivity index (χ4v) is 6.11. The van der Waals surface area contributed by atoms with Gasteiger partial charge in [-0.25, -0.2) is 0 Å². The van der Waals surface area contributed by atoms with Gasteiger partial charge in [-0.3, -0.25) is 14.4 Å². The highest BCUT2D eigenvalue weighted by Gasteiger charge is 2.63. The van der Waals surface area contributed by atoms with E-state index in [2.05, 4.69) is 20.7 Å². The summed E-state index contributed by atoms with van der Waals surface area (Å²) < 4.78 is 4.81. The van der Waals surface area contributed by atoms with Crippen molar-refractivity contribution in [2.45, 2.75) is 69.6 Å². The number of nitrogens with zero attached hydrogens (tertiary/aromatic N) is 5. The van der Waals surface area contributed by atoms with Gasteiger partial charge in [0.05, 0.1) is 5.41 Å². The molecule has 4 atom stereocenters. The molecule has 0 aliphatic carbocycles. The Labute approximate surface area is 199 Å². The molecule has 0 bridgehead atoms. The molecule has 13 heteroatoms. The van der Waals surface area contributed by atoms with E-state index in [1.807, 2.05) is 25.3 Å². The minimum atomic E-state index is -0.820. The highest BCUT2D eigenvalue weighted by Crippen LogP contribution is 2.56. The van der Waals surface area contributed by atoms with E-state index >= 15 is 0 Å². The van der Waals surface area contributed by atoms with Gasteiger partial charge in [-0.05, 0) is 51.3 Å². The molecule has 2 aromatic heterocycles. The zero-order valence-electron chi connectivity index (χ0n) is 19.0. The van der Waals surface area contributed by atoms with Crippen LogP contribution in [0.15, 0.2) is 17.5 Å². The highest BCUT2D eigenvalue weighted by atomic mass is 32.2. The van der Waals surface area contributed by atoms with Crippen LogP contribution in [0.1, 0.15) is 57.4 Å². The number of nitrogens with two attached hydrogens (primary N) is 1. The number of β-lactam (4-membered cyclic amide) rings is 1. The second kappa shape index (κ2) is 8.37. The summed E-state index contributed by atoms with van der Waals surface area (Å²) in [5.74, 6) is -0.627. The largest absolute Gasteiger partial charge is 0.440 e. The standard InChI is InChI=1S/C20H27N7O4S2/c1-19(2,3)18(30)31-9-26-24-14(23-25-26)13-20(4,5)33-17-12(16(29)27(13)17)22-15(28)11(21)10-7-6-8-32-10/h6-8,11-13,17H,9,21H2,1-5H3,(H,22,28)/t11?,12?,13?,17-/m0/s1. The van der Waals surface area contributed by atoms with Crippen molar-refractivity contribution in [3.8, 4) is 0 Å². The third-order valence-corrected chi connectivity index (χ3v) is 8.03. The van der Waals surface area contributed by atoms with Crippen molar-refractivity contribution in [2.75, 3.05) is 0 Å². The minimum Gasteiger partial charge on any atom is -0.440 e. The molecular weight excluding hydrogens is 466 g/mol. The summed E-state index contributed by atoms with van der Waals surface area (Å²) in [6.07, 6.45) is 0. The molecule has 33 heavy (non-hydrogen) atoms. The van der Waals surface area contributed by atoms with E-state index in [0.717, 1.165) is 4.88 Å². The van der Waals surface area contributed by atoms with E-state index in [1.165, 1.54) is 16.1 Å². The minimum absolute atomic E-state index is 0.167. The average molecular weight is 494 g/mol. The molecule has 2 aliphatic heterocycles. The van der Waals surface area contributed by atoms with Crippen molar-refractivity contribution >= 4 is 40.9 Å². The van der Waals surface area contributed by atoms with E-state index in [0.29, 0.717) is 5.82 Å². The van der Waals surface area contributed by atoms with Gasteiger partial charge in [0.1, 0.15) is 23.5 Å². The number of fused-ring (bicyclic) bond motifs is 1. The van der Waals surface area contributed by atoms with Crippen molar-refractivity contribution < 1.29 is 19.1 Å². The molecule has 2 aromatic rings. The zero-order valence-corrected chi connectivity index (χ0v) is 20.6. The van der Waals surface area contributed by atoms with Gasteiger partial charge in [0.2, 0.25) is 18.5 Å². The third-order valence-electron chi connectivity index (χ3n) is 5.51. The molecule has 2 fully saturated rings. The molecule has 0 spiro atoms. The number of thiophene rings is 1. The molecule has 2 saturated heterocycles. The van der Waals surface area contributed by atoms with Crippen LogP contribution in [-0.4, -0.2) is 59.1 Å². The predicted molar refractivity (Wildman–Crippen MR) is 122 cm³/mol. The SMILES string of the molecule is CC(C)(C)C(=O)OCn1nnc(C2N3C(=O)C(NC(=O)C(N)c4cccs4)[C@@H]3SC2(C)C)n1. The number of ether oxygens (including phenoxy) is 1. The Hall–Kier alpha value is -2.51. The molecule has 0 radical (unpaired) electrons. The van der Waals surface area contributed by atoms with Crippen LogP contribution in [0.2, 0.25) is 0 Å². The summed E-state index contributed by atoms with van der Waals surface area (Å²) in [6.45, 7) is 9.08. The lowest BCUT2D eigenvalue weighted by Crippen LogP contribution is -2.68. The van der Waals surface area contributed by atoms with E-state index in [1.54, 1.807) is 43.5 Å². The van der Waals surface area contributed by atoms with Crippen LogP contribution >= 0.6 is 23.1 Å². The summed E-state index contributed by atoms with van der Waals surface area (Å²) in [5.41, 5.74) is 5.40. The second-order valence-electron chi connectivity index (χ2n) is 9.57. The topological polar surface area (TPSA) is 145 Å². The maximum atomic E-state index is 13.0.